The van der Waals surface area contributed by atoms with Crippen LogP contribution in [0.1, 0.15) is 12.5 Å². The van der Waals surface area contributed by atoms with Crippen LogP contribution in [0.4, 0.5) is 11.4 Å². The van der Waals surface area contributed by atoms with E-state index in [1.807, 2.05) is 22.4 Å². The van der Waals surface area contributed by atoms with Gasteiger partial charge in [-0.1, -0.05) is 12.1 Å². The summed E-state index contributed by atoms with van der Waals surface area (Å²) >= 11 is 0. The van der Waals surface area contributed by atoms with E-state index in [0.717, 1.165) is 28.8 Å². The number of aryl methyl sites for hydroxylation is 1. The second-order valence-electron chi connectivity index (χ2n) is 5.18. The molecule has 3 N–H and O–H groups in total. The second-order valence-corrected chi connectivity index (χ2v) is 6.34. The summed E-state index contributed by atoms with van der Waals surface area (Å²) in [6.45, 7) is 3.32. The van der Waals surface area contributed by atoms with Gasteiger partial charge in [0.25, 0.3) is 0 Å². The summed E-state index contributed by atoms with van der Waals surface area (Å²) in [5.41, 5.74) is 3.02. The number of benzene rings is 1. The first kappa shape index (κ1) is 16.2. The summed E-state index contributed by atoms with van der Waals surface area (Å²) in [5.74, 6) is 0. The van der Waals surface area contributed by atoms with Crippen molar-refractivity contribution in [2.45, 2.75) is 20.0 Å². The third-order valence-corrected chi connectivity index (χ3v) is 4.02. The van der Waals surface area contributed by atoms with Crippen molar-refractivity contribution >= 4 is 32.7 Å². The van der Waals surface area contributed by atoms with E-state index in [9.17, 15) is 8.42 Å². The van der Waals surface area contributed by atoms with Crippen molar-refractivity contribution in [2.24, 2.45) is 0 Å². The molecule has 0 spiro atoms. The molecule has 3 aromatic rings. The van der Waals surface area contributed by atoms with Crippen LogP contribution in [0.15, 0.2) is 42.7 Å². The monoisotopic (exact) mass is 347 g/mol. The molecule has 3 rings (SSSR count). The van der Waals surface area contributed by atoms with Crippen molar-refractivity contribution in [2.75, 3.05) is 10.0 Å². The average Bonchev–Trinajstić information content (AvgIpc) is 2.96. The summed E-state index contributed by atoms with van der Waals surface area (Å²) in [5, 5.41) is 8.58. The molecule has 0 atom stereocenters. The Morgan fingerprint density at radius 3 is 2.62 bits per heavy atom. The quantitative estimate of drug-likeness (QED) is 0.590. The van der Waals surface area contributed by atoms with Gasteiger partial charge in [-0.2, -0.15) is 13.5 Å². The van der Waals surface area contributed by atoms with Crippen molar-refractivity contribution in [3.8, 4) is 0 Å². The number of fused-ring (bicyclic) bond motifs is 1. The number of hydrogen-bond acceptors (Lipinski definition) is 5. The van der Waals surface area contributed by atoms with Gasteiger partial charge in [0.15, 0.2) is 5.65 Å². The van der Waals surface area contributed by atoms with Gasteiger partial charge in [-0.3, -0.25) is 9.27 Å². The standard InChI is InChI=1S/C15H17N5O3S/c1-2-20-15-13(10-18-20)14(7-8-16-15)17-9-11-3-5-12(6-4-11)19-24(21,22)23/h3-8,10,19H,2,9H2,1H3,(H,16,17)(H,21,22,23). The van der Waals surface area contributed by atoms with Crippen molar-refractivity contribution in [3.63, 3.8) is 0 Å². The van der Waals surface area contributed by atoms with Gasteiger partial charge < -0.3 is 5.32 Å². The highest BCUT2D eigenvalue weighted by Gasteiger charge is 2.07. The van der Waals surface area contributed by atoms with E-state index in [-0.39, 0.29) is 0 Å². The lowest BCUT2D eigenvalue weighted by Gasteiger charge is -2.09. The summed E-state index contributed by atoms with van der Waals surface area (Å²) < 4.78 is 34.1. The minimum Gasteiger partial charge on any atom is -0.380 e. The zero-order valence-electron chi connectivity index (χ0n) is 13.0. The zero-order valence-corrected chi connectivity index (χ0v) is 13.8. The van der Waals surface area contributed by atoms with E-state index in [4.69, 9.17) is 4.55 Å². The maximum absolute atomic E-state index is 10.8. The Kier molecular flexibility index (Phi) is 4.36. The van der Waals surface area contributed by atoms with Gasteiger partial charge >= 0.3 is 10.3 Å². The zero-order chi connectivity index (χ0) is 17.2. The molecule has 1 aromatic carbocycles. The number of nitrogens with zero attached hydrogens (tertiary/aromatic N) is 3. The second kappa shape index (κ2) is 6.46. The van der Waals surface area contributed by atoms with Crippen molar-refractivity contribution in [3.05, 3.63) is 48.3 Å². The Morgan fingerprint density at radius 2 is 1.96 bits per heavy atom. The van der Waals surface area contributed by atoms with Crippen molar-refractivity contribution in [1.82, 2.24) is 14.8 Å². The first-order valence-electron chi connectivity index (χ1n) is 7.35. The number of anilines is 2. The van der Waals surface area contributed by atoms with E-state index >= 15 is 0 Å². The van der Waals surface area contributed by atoms with Crippen LogP contribution in [-0.4, -0.2) is 27.7 Å². The third kappa shape index (κ3) is 3.63. The molecule has 0 saturated heterocycles. The van der Waals surface area contributed by atoms with Crippen LogP contribution >= 0.6 is 0 Å². The fourth-order valence-corrected chi connectivity index (χ4v) is 2.83. The summed E-state index contributed by atoms with van der Waals surface area (Å²) in [4.78, 5) is 4.34. The van der Waals surface area contributed by atoms with Gasteiger partial charge in [0.1, 0.15) is 0 Å². The van der Waals surface area contributed by atoms with Crippen LogP contribution in [0.5, 0.6) is 0 Å². The summed E-state index contributed by atoms with van der Waals surface area (Å²) in [6, 6.07) is 8.60. The van der Waals surface area contributed by atoms with Gasteiger partial charge in [0.05, 0.1) is 17.3 Å². The fraction of sp³-hybridized carbons (Fsp3) is 0.200. The summed E-state index contributed by atoms with van der Waals surface area (Å²) in [7, 11) is -4.25. The van der Waals surface area contributed by atoms with E-state index in [0.29, 0.717) is 12.2 Å². The largest absolute Gasteiger partial charge is 0.380 e. The Bertz CT molecular complexity index is 951. The van der Waals surface area contributed by atoms with Gasteiger partial charge in [0.2, 0.25) is 0 Å². The van der Waals surface area contributed by atoms with Gasteiger partial charge in [0, 0.05) is 25.0 Å². The number of rotatable bonds is 6. The Labute approximate surface area is 139 Å². The van der Waals surface area contributed by atoms with Crippen LogP contribution in [0.2, 0.25) is 0 Å². The molecule has 0 amide bonds. The van der Waals surface area contributed by atoms with E-state index < -0.39 is 10.3 Å². The lowest BCUT2D eigenvalue weighted by molar-refractivity contribution is 0.489. The SMILES string of the molecule is CCn1ncc2c(NCc3ccc(NS(=O)(=O)O)cc3)ccnc21. The minimum absolute atomic E-state index is 0.303. The highest BCUT2D eigenvalue weighted by Crippen LogP contribution is 2.22. The van der Waals surface area contributed by atoms with Gasteiger partial charge in [-0.05, 0) is 30.7 Å². The maximum Gasteiger partial charge on any atom is 0.357 e. The van der Waals surface area contributed by atoms with Crippen molar-refractivity contribution < 1.29 is 13.0 Å². The molecule has 9 heteroatoms. The number of pyridine rings is 1. The molecule has 2 aromatic heterocycles. The van der Waals surface area contributed by atoms with E-state index in [2.05, 4.69) is 15.4 Å². The molecule has 0 bridgehead atoms. The molecule has 0 radical (unpaired) electrons. The molecule has 0 aliphatic heterocycles. The lowest BCUT2D eigenvalue weighted by Crippen LogP contribution is -2.10. The van der Waals surface area contributed by atoms with Crippen LogP contribution in [0.25, 0.3) is 11.0 Å². The summed E-state index contributed by atoms with van der Waals surface area (Å²) in [6.07, 6.45) is 3.52. The minimum atomic E-state index is -4.25. The molecule has 0 aliphatic rings. The number of hydrogen-bond donors (Lipinski definition) is 3. The predicted octanol–water partition coefficient (Wildman–Crippen LogP) is 2.28. The van der Waals surface area contributed by atoms with E-state index in [1.165, 1.54) is 0 Å². The first-order valence-corrected chi connectivity index (χ1v) is 8.79. The molecule has 126 valence electrons. The fourth-order valence-electron chi connectivity index (χ4n) is 2.40. The molecule has 0 fully saturated rings. The van der Waals surface area contributed by atoms with Gasteiger partial charge in [-0.15, -0.1) is 0 Å². The molecule has 8 nitrogen and oxygen atoms in total. The number of aromatic nitrogens is 3. The molecule has 0 saturated carbocycles. The van der Waals surface area contributed by atoms with Crippen LogP contribution < -0.4 is 10.0 Å². The van der Waals surface area contributed by atoms with E-state index in [1.54, 1.807) is 36.7 Å². The highest BCUT2D eigenvalue weighted by atomic mass is 32.2. The van der Waals surface area contributed by atoms with Crippen molar-refractivity contribution in [1.29, 1.82) is 0 Å². The molecule has 0 unspecified atom stereocenters. The normalized spacial score (nSPS) is 11.6. The topological polar surface area (TPSA) is 109 Å². The van der Waals surface area contributed by atoms with Crippen LogP contribution in [0.3, 0.4) is 0 Å². The molecular formula is C15H17N5O3S. The predicted molar refractivity (Wildman–Crippen MR) is 92.1 cm³/mol. The lowest BCUT2D eigenvalue weighted by atomic mass is 10.2. The first-order chi connectivity index (χ1) is 11.5. The van der Waals surface area contributed by atoms with Crippen LogP contribution in [0, 0.1) is 0 Å². The Morgan fingerprint density at radius 1 is 1.21 bits per heavy atom. The molecule has 0 aliphatic carbocycles. The average molecular weight is 347 g/mol. The smallest absolute Gasteiger partial charge is 0.357 e. The maximum atomic E-state index is 10.8. The molecule has 24 heavy (non-hydrogen) atoms. The van der Waals surface area contributed by atoms with Crippen LogP contribution in [-0.2, 0) is 23.4 Å². The van der Waals surface area contributed by atoms with Gasteiger partial charge in [-0.25, -0.2) is 9.67 Å². The number of nitrogens with one attached hydrogen (secondary N) is 2. The molecule has 2 heterocycles. The molecular weight excluding hydrogens is 330 g/mol. The highest BCUT2D eigenvalue weighted by molar-refractivity contribution is 7.87. The Balaban J connectivity index is 1.73. The Hall–Kier alpha value is -2.65. The third-order valence-electron chi connectivity index (χ3n) is 3.52.